The Morgan fingerprint density at radius 1 is 0.973 bits per heavy atom. The van der Waals surface area contributed by atoms with Crippen molar-refractivity contribution in [1.82, 2.24) is 5.32 Å². The van der Waals surface area contributed by atoms with Crippen LogP contribution in [0.3, 0.4) is 0 Å². The van der Waals surface area contributed by atoms with Crippen molar-refractivity contribution in [3.05, 3.63) is 46.5 Å². The lowest BCUT2D eigenvalue weighted by atomic mass is 9.96. The number of carbonyl (C=O) groups excluding carboxylic acids is 2. The lowest BCUT2D eigenvalue weighted by molar-refractivity contribution is -0.149. The summed E-state index contributed by atoms with van der Waals surface area (Å²) >= 11 is 0. The fourth-order valence-electron chi connectivity index (χ4n) is 4.61. The Balaban J connectivity index is 1.66. The first kappa shape index (κ1) is 28.2. The van der Waals surface area contributed by atoms with Crippen LogP contribution < -0.4 is 24.3 Å². The average molecular weight is 514 g/mol. The summed E-state index contributed by atoms with van der Waals surface area (Å²) in [6.07, 6.45) is 4.81. The zero-order chi connectivity index (χ0) is 26.8. The van der Waals surface area contributed by atoms with Crippen LogP contribution >= 0.6 is 0 Å². The van der Waals surface area contributed by atoms with E-state index >= 15 is 0 Å². The minimum absolute atomic E-state index is 0.191. The van der Waals surface area contributed by atoms with E-state index in [0.717, 1.165) is 60.3 Å². The number of nitrogens with one attached hydrogen (secondary N) is 1. The number of hydrogen-bond acceptors (Lipinski definition) is 7. The number of hydrogen-bond donors (Lipinski definition) is 1. The van der Waals surface area contributed by atoms with Gasteiger partial charge in [-0.15, -0.1) is 0 Å². The van der Waals surface area contributed by atoms with Gasteiger partial charge in [0.1, 0.15) is 23.0 Å². The number of methoxy groups -OCH3 is 2. The van der Waals surface area contributed by atoms with Crippen molar-refractivity contribution < 1.29 is 33.3 Å². The summed E-state index contributed by atoms with van der Waals surface area (Å²) in [5, 5.41) is 2.66. The van der Waals surface area contributed by atoms with E-state index in [4.69, 9.17) is 23.7 Å². The van der Waals surface area contributed by atoms with Crippen LogP contribution in [0.5, 0.6) is 23.0 Å². The molecule has 0 aromatic heterocycles. The summed E-state index contributed by atoms with van der Waals surface area (Å²) in [6.45, 7) is 5.10. The summed E-state index contributed by atoms with van der Waals surface area (Å²) in [4.78, 5) is 24.3. The number of ether oxygens (including phenoxy) is 5. The lowest BCUT2D eigenvalue weighted by Gasteiger charge is -2.27. The summed E-state index contributed by atoms with van der Waals surface area (Å²) in [6, 6.07) is 7.57. The topological polar surface area (TPSA) is 92.3 Å². The molecule has 37 heavy (non-hydrogen) atoms. The van der Waals surface area contributed by atoms with Crippen LogP contribution in [0.2, 0.25) is 0 Å². The highest BCUT2D eigenvalue weighted by molar-refractivity contribution is 5.97. The average Bonchev–Trinajstić information content (AvgIpc) is 2.93. The second-order valence-corrected chi connectivity index (χ2v) is 8.95. The first-order chi connectivity index (χ1) is 18.0. The van der Waals surface area contributed by atoms with Crippen molar-refractivity contribution in [2.24, 2.45) is 0 Å². The smallest absolute Gasteiger partial charge is 0.347 e. The van der Waals surface area contributed by atoms with Crippen molar-refractivity contribution in [1.29, 1.82) is 0 Å². The van der Waals surface area contributed by atoms with Crippen molar-refractivity contribution in [3.8, 4) is 23.0 Å². The van der Waals surface area contributed by atoms with Gasteiger partial charge in [-0.25, -0.2) is 4.79 Å². The molecule has 2 aromatic carbocycles. The maximum atomic E-state index is 12.2. The minimum Gasteiger partial charge on any atom is -0.495 e. The number of aryl methyl sites for hydroxylation is 1. The van der Waals surface area contributed by atoms with Crippen LogP contribution in [0.4, 0.5) is 0 Å². The summed E-state index contributed by atoms with van der Waals surface area (Å²) in [5.74, 6) is 2.26. The molecule has 0 spiro atoms. The zero-order valence-electron chi connectivity index (χ0n) is 22.6. The van der Waals surface area contributed by atoms with Gasteiger partial charge in [-0.2, -0.15) is 0 Å². The first-order valence-electron chi connectivity index (χ1n) is 13.1. The highest BCUT2D eigenvalue weighted by atomic mass is 16.6. The predicted octanol–water partition coefficient (Wildman–Crippen LogP) is 4.67. The largest absolute Gasteiger partial charge is 0.495 e. The number of benzene rings is 2. The van der Waals surface area contributed by atoms with Crippen LogP contribution in [0, 0.1) is 0 Å². The maximum Gasteiger partial charge on any atom is 0.347 e. The van der Waals surface area contributed by atoms with Gasteiger partial charge in [0.05, 0.1) is 33.0 Å². The molecule has 8 nitrogen and oxygen atoms in total. The normalized spacial score (nSPS) is 14.2. The summed E-state index contributed by atoms with van der Waals surface area (Å²) in [7, 11) is 4.55. The molecule has 0 bridgehead atoms. The fraction of sp³-hybridized carbons (Fsp3) is 0.517. The van der Waals surface area contributed by atoms with Crippen LogP contribution in [-0.4, -0.2) is 52.5 Å². The Hall–Kier alpha value is -3.42. The molecule has 1 amide bonds. The zero-order valence-corrected chi connectivity index (χ0v) is 22.6. The van der Waals surface area contributed by atoms with Crippen LogP contribution in [0.15, 0.2) is 24.3 Å². The molecule has 3 rings (SSSR count). The second-order valence-electron chi connectivity index (χ2n) is 8.95. The molecular formula is C29H39NO7. The van der Waals surface area contributed by atoms with Gasteiger partial charge in [-0.3, -0.25) is 4.79 Å². The number of amides is 1. The molecule has 202 valence electrons. The van der Waals surface area contributed by atoms with Gasteiger partial charge >= 0.3 is 5.97 Å². The molecule has 1 unspecified atom stereocenters. The van der Waals surface area contributed by atoms with E-state index in [1.165, 1.54) is 7.11 Å². The van der Waals surface area contributed by atoms with Gasteiger partial charge in [0.2, 0.25) is 0 Å². The quantitative estimate of drug-likeness (QED) is 0.307. The molecule has 1 heterocycles. The molecule has 2 aromatic rings. The van der Waals surface area contributed by atoms with Crippen molar-refractivity contribution in [2.45, 2.75) is 64.9 Å². The predicted molar refractivity (Wildman–Crippen MR) is 141 cm³/mol. The van der Waals surface area contributed by atoms with Gasteiger partial charge in [-0.1, -0.05) is 32.8 Å². The standard InChI is InChI=1S/C29H39NO7/c1-6-9-20-23(14-11-19-12-15-25(29(32)34-5)37-26(19)20)35-17-8-18-36-24-16-13-22(28(31)30-3)27(33-4)21(24)10-7-2/h11,13-14,16,25H,6-10,12,15,17-18H2,1-5H3,(H,30,31). The van der Waals surface area contributed by atoms with Gasteiger partial charge < -0.3 is 29.0 Å². The SMILES string of the molecule is CCCc1c(OCCCOc2ccc(C(=O)NC)c(OC)c2CCC)ccc2c1OC(C(=O)OC)CC2. The second kappa shape index (κ2) is 13.8. The third kappa shape index (κ3) is 6.67. The number of rotatable bonds is 13. The van der Waals surface area contributed by atoms with Crippen LogP contribution in [0.1, 0.15) is 66.6 Å². The van der Waals surface area contributed by atoms with E-state index < -0.39 is 6.10 Å². The van der Waals surface area contributed by atoms with Gasteiger partial charge in [0.15, 0.2) is 6.10 Å². The Morgan fingerprint density at radius 3 is 2.24 bits per heavy atom. The molecule has 1 atom stereocenters. The van der Waals surface area contributed by atoms with Crippen LogP contribution in [-0.2, 0) is 28.8 Å². The van der Waals surface area contributed by atoms with E-state index in [9.17, 15) is 9.59 Å². The van der Waals surface area contributed by atoms with Crippen molar-refractivity contribution >= 4 is 11.9 Å². The highest BCUT2D eigenvalue weighted by Gasteiger charge is 2.29. The van der Waals surface area contributed by atoms with Gasteiger partial charge in [-0.05, 0) is 49.4 Å². The number of esters is 1. The minimum atomic E-state index is -0.583. The molecule has 0 saturated carbocycles. The van der Waals surface area contributed by atoms with Crippen molar-refractivity contribution in [2.75, 3.05) is 34.5 Å². The Labute approximate surface area is 219 Å². The molecule has 0 radical (unpaired) electrons. The number of fused-ring (bicyclic) bond motifs is 1. The fourth-order valence-corrected chi connectivity index (χ4v) is 4.61. The first-order valence-corrected chi connectivity index (χ1v) is 13.1. The highest BCUT2D eigenvalue weighted by Crippen LogP contribution is 2.38. The molecule has 1 aliphatic heterocycles. The summed E-state index contributed by atoms with van der Waals surface area (Å²) < 4.78 is 28.8. The van der Waals surface area contributed by atoms with Crippen molar-refractivity contribution in [3.63, 3.8) is 0 Å². The molecule has 0 fully saturated rings. The van der Waals surface area contributed by atoms with E-state index in [1.54, 1.807) is 20.2 Å². The molecular weight excluding hydrogens is 474 g/mol. The van der Waals surface area contributed by atoms with Gasteiger partial charge in [0, 0.05) is 24.6 Å². The molecule has 1 N–H and O–H groups in total. The monoisotopic (exact) mass is 513 g/mol. The third-order valence-corrected chi connectivity index (χ3v) is 6.40. The van der Waals surface area contributed by atoms with E-state index in [1.807, 2.05) is 18.2 Å². The molecule has 1 aliphatic rings. The van der Waals surface area contributed by atoms with E-state index in [2.05, 4.69) is 19.2 Å². The van der Waals surface area contributed by atoms with Crippen LogP contribution in [0.25, 0.3) is 0 Å². The third-order valence-electron chi connectivity index (χ3n) is 6.40. The molecule has 0 saturated heterocycles. The van der Waals surface area contributed by atoms with E-state index in [-0.39, 0.29) is 11.9 Å². The Bertz CT molecular complexity index is 1080. The summed E-state index contributed by atoms with van der Waals surface area (Å²) in [5.41, 5.74) is 3.48. The number of carbonyl (C=O) groups is 2. The molecule has 8 heteroatoms. The molecule has 0 aliphatic carbocycles. The maximum absolute atomic E-state index is 12.2. The Morgan fingerprint density at radius 2 is 1.62 bits per heavy atom. The van der Waals surface area contributed by atoms with Gasteiger partial charge in [0.25, 0.3) is 5.91 Å². The Kier molecular flexibility index (Phi) is 10.5. The van der Waals surface area contributed by atoms with E-state index in [0.29, 0.717) is 43.1 Å². The lowest BCUT2D eigenvalue weighted by Crippen LogP contribution is -2.32.